The van der Waals surface area contributed by atoms with E-state index in [-0.39, 0.29) is 10.8 Å². The van der Waals surface area contributed by atoms with E-state index in [2.05, 4.69) is 5.32 Å². The first-order chi connectivity index (χ1) is 13.0. The van der Waals surface area contributed by atoms with Crippen LogP contribution < -0.4 is 10.2 Å². The molecule has 0 aromatic heterocycles. The number of hydrogen-bond acceptors (Lipinski definition) is 3. The van der Waals surface area contributed by atoms with E-state index >= 15 is 0 Å². The zero-order valence-corrected chi connectivity index (χ0v) is 17.2. The third kappa shape index (κ3) is 5.44. The Morgan fingerprint density at radius 2 is 1.67 bits per heavy atom. The van der Waals surface area contributed by atoms with Gasteiger partial charge in [-0.1, -0.05) is 18.0 Å². The Balaban J connectivity index is 1.70. The predicted octanol–water partition coefficient (Wildman–Crippen LogP) is 1.91. The number of halogens is 1. The van der Waals surface area contributed by atoms with Gasteiger partial charge in [0.2, 0.25) is 10.0 Å². The SMILES string of the molecule is O=C(C[NH+]1CCCCCC1)Nc1cc(S(=O)(=O)N2CCCCC2)ccc1Cl. The lowest BCUT2D eigenvalue weighted by atomic mass is 10.2. The first-order valence-corrected chi connectivity index (χ1v) is 11.7. The molecule has 0 atom stereocenters. The molecule has 2 heterocycles. The molecule has 2 saturated heterocycles. The number of benzene rings is 1. The molecule has 0 bridgehead atoms. The third-order valence-electron chi connectivity index (χ3n) is 5.39. The maximum absolute atomic E-state index is 12.9. The zero-order valence-electron chi connectivity index (χ0n) is 15.7. The van der Waals surface area contributed by atoms with Crippen molar-refractivity contribution in [2.24, 2.45) is 0 Å². The number of rotatable bonds is 5. The van der Waals surface area contributed by atoms with Crippen LogP contribution in [0.3, 0.4) is 0 Å². The third-order valence-corrected chi connectivity index (χ3v) is 7.61. The molecule has 1 aromatic rings. The van der Waals surface area contributed by atoms with Crippen molar-refractivity contribution >= 4 is 33.2 Å². The van der Waals surface area contributed by atoms with Gasteiger partial charge in [0, 0.05) is 13.1 Å². The average Bonchev–Trinajstić information content (AvgIpc) is 2.92. The number of amides is 1. The van der Waals surface area contributed by atoms with Crippen LogP contribution in [-0.4, -0.2) is 51.4 Å². The molecular weight excluding hydrogens is 386 g/mol. The summed E-state index contributed by atoms with van der Waals surface area (Å²) >= 11 is 6.22. The van der Waals surface area contributed by atoms with Crippen molar-refractivity contribution in [3.05, 3.63) is 23.2 Å². The van der Waals surface area contributed by atoms with Crippen LogP contribution in [0.1, 0.15) is 44.9 Å². The van der Waals surface area contributed by atoms with Gasteiger partial charge >= 0.3 is 0 Å². The Labute approximate surface area is 166 Å². The van der Waals surface area contributed by atoms with Gasteiger partial charge in [0.25, 0.3) is 5.91 Å². The molecule has 2 aliphatic rings. The molecule has 3 rings (SSSR count). The minimum atomic E-state index is -3.55. The Morgan fingerprint density at radius 1 is 1.04 bits per heavy atom. The molecule has 0 unspecified atom stereocenters. The predicted molar refractivity (Wildman–Crippen MR) is 107 cm³/mol. The highest BCUT2D eigenvalue weighted by molar-refractivity contribution is 7.89. The molecule has 2 fully saturated rings. The molecule has 2 N–H and O–H groups in total. The van der Waals surface area contributed by atoms with E-state index in [1.54, 1.807) is 6.07 Å². The number of likely N-dealkylation sites (tertiary alicyclic amines) is 1. The largest absolute Gasteiger partial charge is 0.327 e. The second kappa shape index (κ2) is 9.37. The lowest BCUT2D eigenvalue weighted by Gasteiger charge is -2.26. The van der Waals surface area contributed by atoms with E-state index in [1.807, 2.05) is 0 Å². The maximum Gasteiger partial charge on any atom is 0.279 e. The van der Waals surface area contributed by atoms with E-state index in [9.17, 15) is 13.2 Å². The number of piperidine rings is 1. The van der Waals surface area contributed by atoms with Gasteiger partial charge in [0.1, 0.15) is 0 Å². The van der Waals surface area contributed by atoms with Crippen LogP contribution in [0.5, 0.6) is 0 Å². The summed E-state index contributed by atoms with van der Waals surface area (Å²) in [4.78, 5) is 13.9. The molecule has 0 radical (unpaired) electrons. The molecule has 2 aliphatic heterocycles. The van der Waals surface area contributed by atoms with Crippen molar-refractivity contribution in [3.63, 3.8) is 0 Å². The van der Waals surface area contributed by atoms with Crippen LogP contribution in [-0.2, 0) is 14.8 Å². The molecular formula is C19H29ClN3O3S+. The van der Waals surface area contributed by atoms with Gasteiger partial charge in [-0.2, -0.15) is 4.31 Å². The average molecular weight is 415 g/mol. The highest BCUT2D eigenvalue weighted by Gasteiger charge is 2.27. The summed E-state index contributed by atoms with van der Waals surface area (Å²) in [6.45, 7) is 3.49. The number of hydrogen-bond donors (Lipinski definition) is 2. The highest BCUT2D eigenvalue weighted by Crippen LogP contribution is 2.28. The summed E-state index contributed by atoms with van der Waals surface area (Å²) in [6.07, 6.45) is 7.58. The van der Waals surface area contributed by atoms with Crippen molar-refractivity contribution in [2.45, 2.75) is 49.8 Å². The lowest BCUT2D eigenvalue weighted by molar-refractivity contribution is -0.890. The Bertz CT molecular complexity index is 755. The van der Waals surface area contributed by atoms with E-state index in [4.69, 9.17) is 11.6 Å². The number of nitrogens with zero attached hydrogens (tertiary/aromatic N) is 1. The zero-order chi connectivity index (χ0) is 19.3. The second-order valence-corrected chi connectivity index (χ2v) is 9.84. The van der Waals surface area contributed by atoms with E-state index in [1.165, 1.54) is 34.2 Å². The normalized spacial score (nSPS) is 20.2. The molecule has 150 valence electrons. The van der Waals surface area contributed by atoms with Crippen molar-refractivity contribution in [1.29, 1.82) is 0 Å². The minimum Gasteiger partial charge on any atom is -0.327 e. The van der Waals surface area contributed by atoms with Crippen molar-refractivity contribution in [1.82, 2.24) is 4.31 Å². The summed E-state index contributed by atoms with van der Waals surface area (Å²) < 4.78 is 27.2. The number of sulfonamides is 1. The van der Waals surface area contributed by atoms with Crippen molar-refractivity contribution in [2.75, 3.05) is 38.0 Å². The number of carbonyl (C=O) groups is 1. The van der Waals surface area contributed by atoms with Crippen LogP contribution in [0.25, 0.3) is 0 Å². The van der Waals surface area contributed by atoms with Crippen LogP contribution >= 0.6 is 11.6 Å². The minimum absolute atomic E-state index is 0.124. The van der Waals surface area contributed by atoms with Crippen molar-refractivity contribution in [3.8, 4) is 0 Å². The molecule has 1 aromatic carbocycles. The molecule has 6 nitrogen and oxygen atoms in total. The summed E-state index contributed by atoms with van der Waals surface area (Å²) in [6, 6.07) is 4.55. The Kier molecular flexibility index (Phi) is 7.14. The van der Waals surface area contributed by atoms with Gasteiger partial charge in [-0.3, -0.25) is 4.79 Å². The summed E-state index contributed by atoms with van der Waals surface area (Å²) in [5.74, 6) is -0.124. The van der Waals surface area contributed by atoms with E-state index < -0.39 is 10.0 Å². The fraction of sp³-hybridized carbons (Fsp3) is 0.632. The molecule has 27 heavy (non-hydrogen) atoms. The van der Waals surface area contributed by atoms with Crippen LogP contribution in [0.4, 0.5) is 5.69 Å². The van der Waals surface area contributed by atoms with Gasteiger partial charge in [-0.25, -0.2) is 8.42 Å². The molecule has 0 saturated carbocycles. The highest BCUT2D eigenvalue weighted by atomic mass is 35.5. The smallest absolute Gasteiger partial charge is 0.279 e. The molecule has 0 spiro atoms. The molecule has 1 amide bonds. The topological polar surface area (TPSA) is 70.9 Å². The maximum atomic E-state index is 12.9. The Morgan fingerprint density at radius 3 is 2.33 bits per heavy atom. The van der Waals surface area contributed by atoms with Crippen molar-refractivity contribution < 1.29 is 18.1 Å². The van der Waals surface area contributed by atoms with Gasteiger partial charge in [-0.05, 0) is 56.7 Å². The van der Waals surface area contributed by atoms with Crippen LogP contribution in [0.2, 0.25) is 5.02 Å². The summed E-state index contributed by atoms with van der Waals surface area (Å²) in [5, 5.41) is 3.17. The first-order valence-electron chi connectivity index (χ1n) is 9.90. The monoisotopic (exact) mass is 414 g/mol. The molecule has 0 aliphatic carbocycles. The van der Waals surface area contributed by atoms with Crippen LogP contribution in [0, 0.1) is 0 Å². The van der Waals surface area contributed by atoms with E-state index in [0.29, 0.717) is 30.3 Å². The quantitative estimate of drug-likeness (QED) is 0.773. The Hall–Kier alpha value is -1.15. The number of nitrogens with one attached hydrogen (secondary N) is 2. The summed E-state index contributed by atoms with van der Waals surface area (Å²) in [5.41, 5.74) is 0.369. The number of anilines is 1. The van der Waals surface area contributed by atoms with Gasteiger partial charge in [0.05, 0.1) is 28.7 Å². The first kappa shape index (κ1) is 20.6. The number of carbonyl (C=O) groups excluding carboxylic acids is 1. The standard InChI is InChI=1S/C19H28ClN3O3S/c20-17-9-8-16(27(25,26)23-12-6-3-7-13-23)14-18(17)21-19(24)15-22-10-4-1-2-5-11-22/h8-9,14H,1-7,10-13,15H2,(H,21,24)/p+1. The fourth-order valence-electron chi connectivity index (χ4n) is 3.84. The van der Waals surface area contributed by atoms with Gasteiger partial charge in [-0.15, -0.1) is 0 Å². The fourth-order valence-corrected chi connectivity index (χ4v) is 5.55. The second-order valence-electron chi connectivity index (χ2n) is 7.50. The number of quaternary nitrogens is 1. The van der Waals surface area contributed by atoms with E-state index in [0.717, 1.165) is 45.2 Å². The molecule has 8 heteroatoms. The lowest BCUT2D eigenvalue weighted by Crippen LogP contribution is -3.12. The summed E-state index contributed by atoms with van der Waals surface area (Å²) in [7, 11) is -3.55. The van der Waals surface area contributed by atoms with Gasteiger partial charge < -0.3 is 10.2 Å². The van der Waals surface area contributed by atoms with Gasteiger partial charge in [0.15, 0.2) is 6.54 Å². The van der Waals surface area contributed by atoms with Crippen LogP contribution in [0.15, 0.2) is 23.1 Å².